The van der Waals surface area contributed by atoms with Crippen molar-refractivity contribution in [1.82, 2.24) is 9.80 Å². The fraction of sp³-hybridized carbons (Fsp3) is 0.484. The van der Waals surface area contributed by atoms with Crippen LogP contribution in [0.5, 0.6) is 11.5 Å². The van der Waals surface area contributed by atoms with Crippen LogP contribution < -0.4 is 9.47 Å². The third-order valence-electron chi connectivity index (χ3n) is 8.26. The van der Waals surface area contributed by atoms with E-state index >= 15 is 0 Å². The zero-order valence-corrected chi connectivity index (χ0v) is 24.2. The molecule has 0 amide bonds. The molecule has 0 aromatic heterocycles. The molecule has 7 heteroatoms. The van der Waals surface area contributed by atoms with Crippen molar-refractivity contribution in [3.05, 3.63) is 71.8 Å². The first-order chi connectivity index (χ1) is 17.6. The molecule has 3 aromatic carbocycles. The number of methoxy groups -OCH3 is 1. The Morgan fingerprint density at radius 1 is 0.868 bits per heavy atom. The van der Waals surface area contributed by atoms with Gasteiger partial charge in [0, 0.05) is 38.6 Å². The third-order valence-corrected chi connectivity index (χ3v) is 8.26. The van der Waals surface area contributed by atoms with Gasteiger partial charge in [-0.1, -0.05) is 67.8 Å². The summed E-state index contributed by atoms with van der Waals surface area (Å²) >= 11 is 0. The molecule has 0 radical (unpaired) electrons. The van der Waals surface area contributed by atoms with Crippen LogP contribution in [0.4, 0.5) is 0 Å². The number of ether oxygens (including phenoxy) is 2. The smallest absolute Gasteiger partial charge is 0.161 e. The molecule has 38 heavy (non-hydrogen) atoms. The second kappa shape index (κ2) is 13.9. The molecule has 1 N–H and O–H groups in total. The Morgan fingerprint density at radius 3 is 2.32 bits per heavy atom. The maximum atomic E-state index is 11.8. The van der Waals surface area contributed by atoms with Crippen LogP contribution in [0.25, 0.3) is 10.8 Å². The number of benzene rings is 3. The largest absolute Gasteiger partial charge is 0.493 e. The highest BCUT2D eigenvalue weighted by Crippen LogP contribution is 2.43. The molecule has 1 saturated heterocycles. The van der Waals surface area contributed by atoms with Crippen LogP contribution in [0.2, 0.25) is 0 Å². The van der Waals surface area contributed by atoms with Crippen molar-refractivity contribution >= 4 is 35.6 Å². The Kier molecular flexibility index (Phi) is 11.1. The lowest BCUT2D eigenvalue weighted by Crippen LogP contribution is -2.50. The molecule has 1 aliphatic heterocycles. The molecule has 208 valence electrons. The molecule has 1 heterocycles. The van der Waals surface area contributed by atoms with Crippen LogP contribution in [-0.4, -0.2) is 67.4 Å². The van der Waals surface area contributed by atoms with Gasteiger partial charge in [-0.15, -0.1) is 24.8 Å². The standard InChI is InChI=1S/C31H40N2O3.2ClH/c1-32-17-19-33(20-18-32)22-28(31(34)15-6-3-7-16-31)25-13-14-29(30(21-25)35-2)36-23-26-11-8-10-24-9-4-5-12-27(24)26;;/h4-5,8-14,21,28,34H,3,6-7,15-20,22-23H2,1-2H3;2*1H. The Balaban J connectivity index is 0.00000200. The first-order valence-electron chi connectivity index (χ1n) is 13.5. The van der Waals surface area contributed by atoms with E-state index in [1.165, 1.54) is 17.2 Å². The van der Waals surface area contributed by atoms with Crippen molar-refractivity contribution in [3.8, 4) is 11.5 Å². The summed E-state index contributed by atoms with van der Waals surface area (Å²) in [5.74, 6) is 1.53. The van der Waals surface area contributed by atoms with Crippen LogP contribution in [0.1, 0.15) is 49.1 Å². The van der Waals surface area contributed by atoms with E-state index in [0.717, 1.165) is 81.0 Å². The predicted octanol–water partition coefficient (Wildman–Crippen LogP) is 6.30. The molecule has 0 bridgehead atoms. The third kappa shape index (κ3) is 6.94. The van der Waals surface area contributed by atoms with Gasteiger partial charge in [-0.2, -0.15) is 0 Å². The van der Waals surface area contributed by atoms with E-state index in [2.05, 4.69) is 71.4 Å². The number of halogens is 2. The van der Waals surface area contributed by atoms with Crippen molar-refractivity contribution in [3.63, 3.8) is 0 Å². The average Bonchev–Trinajstić information content (AvgIpc) is 2.92. The minimum Gasteiger partial charge on any atom is -0.493 e. The van der Waals surface area contributed by atoms with E-state index in [9.17, 15) is 5.11 Å². The molecule has 5 nitrogen and oxygen atoms in total. The summed E-state index contributed by atoms with van der Waals surface area (Å²) in [6.07, 6.45) is 5.14. The van der Waals surface area contributed by atoms with Crippen LogP contribution in [0.15, 0.2) is 60.7 Å². The predicted molar refractivity (Wildman–Crippen MR) is 160 cm³/mol. The normalized spacial score (nSPS) is 18.7. The number of nitrogens with zero attached hydrogens (tertiary/aromatic N) is 2. The van der Waals surface area contributed by atoms with Crippen molar-refractivity contribution in [2.75, 3.05) is 46.9 Å². The second-order valence-electron chi connectivity index (χ2n) is 10.7. The summed E-state index contributed by atoms with van der Waals surface area (Å²) in [7, 11) is 3.89. The first kappa shape index (κ1) is 30.5. The van der Waals surface area contributed by atoms with Crippen molar-refractivity contribution < 1.29 is 14.6 Å². The zero-order valence-electron chi connectivity index (χ0n) is 22.6. The van der Waals surface area contributed by atoms with Crippen LogP contribution in [0.3, 0.4) is 0 Å². The maximum Gasteiger partial charge on any atom is 0.161 e. The van der Waals surface area contributed by atoms with Gasteiger partial charge < -0.3 is 24.4 Å². The van der Waals surface area contributed by atoms with Gasteiger partial charge in [-0.25, -0.2) is 0 Å². The lowest BCUT2D eigenvalue weighted by Gasteiger charge is -2.43. The van der Waals surface area contributed by atoms with Crippen molar-refractivity contribution in [2.45, 2.75) is 50.2 Å². The SMILES string of the molecule is COc1cc(C(CN2CCN(C)CC2)C2(O)CCCCC2)ccc1OCc1cccc2ccccc12.Cl.Cl. The molecule has 3 aromatic rings. The van der Waals surface area contributed by atoms with Gasteiger partial charge in [0.15, 0.2) is 11.5 Å². The van der Waals surface area contributed by atoms with Crippen LogP contribution >= 0.6 is 24.8 Å². The molecule has 1 unspecified atom stereocenters. The molecular weight excluding hydrogens is 519 g/mol. The minimum atomic E-state index is -0.669. The molecule has 1 aliphatic carbocycles. The van der Waals surface area contributed by atoms with Gasteiger partial charge in [0.2, 0.25) is 0 Å². The summed E-state index contributed by atoms with van der Waals surface area (Å²) < 4.78 is 12.1. The van der Waals surface area contributed by atoms with E-state index in [0.29, 0.717) is 6.61 Å². The van der Waals surface area contributed by atoms with E-state index in [-0.39, 0.29) is 30.7 Å². The maximum absolute atomic E-state index is 11.8. The lowest BCUT2D eigenvalue weighted by molar-refractivity contribution is -0.0337. The molecule has 1 saturated carbocycles. The number of piperazine rings is 1. The number of likely N-dealkylation sites (N-methyl/N-ethyl adjacent to an activating group) is 1. The number of fused-ring (bicyclic) bond motifs is 1. The topological polar surface area (TPSA) is 45.2 Å². The molecule has 5 rings (SSSR count). The van der Waals surface area contributed by atoms with E-state index in [1.807, 2.05) is 6.07 Å². The number of aliphatic hydroxyl groups is 1. The second-order valence-corrected chi connectivity index (χ2v) is 10.7. The van der Waals surface area contributed by atoms with Crippen LogP contribution in [-0.2, 0) is 6.61 Å². The summed E-state index contributed by atoms with van der Waals surface area (Å²) in [6, 6.07) is 21.0. The number of hydrogen-bond donors (Lipinski definition) is 1. The van der Waals surface area contributed by atoms with Gasteiger partial charge in [-0.05, 0) is 53.9 Å². The van der Waals surface area contributed by atoms with Gasteiger partial charge in [0.05, 0.1) is 12.7 Å². The van der Waals surface area contributed by atoms with E-state index in [4.69, 9.17) is 9.47 Å². The van der Waals surface area contributed by atoms with E-state index in [1.54, 1.807) is 7.11 Å². The van der Waals surface area contributed by atoms with Crippen molar-refractivity contribution in [2.24, 2.45) is 0 Å². The summed E-state index contributed by atoms with van der Waals surface area (Å²) in [4.78, 5) is 4.90. The van der Waals surface area contributed by atoms with Gasteiger partial charge in [0.25, 0.3) is 0 Å². The highest BCUT2D eigenvalue weighted by molar-refractivity contribution is 5.86. The number of rotatable bonds is 8. The highest BCUT2D eigenvalue weighted by atomic mass is 35.5. The monoisotopic (exact) mass is 560 g/mol. The fourth-order valence-electron chi connectivity index (χ4n) is 5.98. The zero-order chi connectivity index (χ0) is 25.0. The fourth-order valence-corrected chi connectivity index (χ4v) is 5.98. The molecule has 2 fully saturated rings. The Morgan fingerprint density at radius 2 is 1.58 bits per heavy atom. The average molecular weight is 562 g/mol. The van der Waals surface area contributed by atoms with Crippen molar-refractivity contribution in [1.29, 1.82) is 0 Å². The Hall–Kier alpha value is -2.02. The summed E-state index contributed by atoms with van der Waals surface area (Å²) in [6.45, 7) is 5.61. The number of hydrogen-bond acceptors (Lipinski definition) is 5. The molecular formula is C31H42Cl2N2O3. The highest BCUT2D eigenvalue weighted by Gasteiger charge is 2.40. The minimum absolute atomic E-state index is 0. The van der Waals surface area contributed by atoms with E-state index < -0.39 is 5.60 Å². The quantitative estimate of drug-likeness (QED) is 0.350. The summed E-state index contributed by atoms with van der Waals surface area (Å²) in [5, 5.41) is 14.3. The van der Waals surface area contributed by atoms with Gasteiger partial charge in [0.1, 0.15) is 6.61 Å². The van der Waals surface area contributed by atoms with Gasteiger partial charge in [-0.3, -0.25) is 0 Å². The first-order valence-corrected chi connectivity index (χ1v) is 13.5. The van der Waals surface area contributed by atoms with Crippen LogP contribution in [0, 0.1) is 0 Å². The Bertz CT molecular complexity index is 1160. The Labute approximate surface area is 239 Å². The molecule has 0 spiro atoms. The molecule has 1 atom stereocenters. The lowest BCUT2D eigenvalue weighted by atomic mass is 9.72. The van der Waals surface area contributed by atoms with Gasteiger partial charge >= 0.3 is 0 Å². The summed E-state index contributed by atoms with van der Waals surface area (Å²) in [5.41, 5.74) is 1.63. The molecule has 2 aliphatic rings.